The maximum absolute atomic E-state index is 12.7. The Morgan fingerprint density at radius 3 is 2.58 bits per heavy atom. The molecule has 0 saturated carbocycles. The number of morpholine rings is 1. The van der Waals surface area contributed by atoms with E-state index in [0.717, 1.165) is 60.1 Å². The minimum absolute atomic E-state index is 0.0854. The van der Waals surface area contributed by atoms with Crippen LogP contribution in [0.2, 0.25) is 0 Å². The molecule has 0 radical (unpaired) electrons. The number of hydrogen-bond acceptors (Lipinski definition) is 6. The van der Waals surface area contributed by atoms with Crippen molar-refractivity contribution in [3.05, 3.63) is 52.8 Å². The number of cyclic esters (lactones) is 1. The number of aromatic amines is 1. The molecule has 3 aliphatic rings. The fourth-order valence-electron chi connectivity index (χ4n) is 4.33. The second-order valence-corrected chi connectivity index (χ2v) is 9.01. The van der Waals surface area contributed by atoms with Crippen molar-refractivity contribution in [3.63, 3.8) is 0 Å². The van der Waals surface area contributed by atoms with Crippen LogP contribution in [-0.4, -0.2) is 64.6 Å². The number of nitrogens with one attached hydrogen (secondary N) is 2. The van der Waals surface area contributed by atoms with Gasteiger partial charge in [0.2, 0.25) is 0 Å². The molecule has 0 aliphatic carbocycles. The normalized spacial score (nSPS) is 21.5. The summed E-state index contributed by atoms with van der Waals surface area (Å²) >= 11 is 0. The highest BCUT2D eigenvalue weighted by atomic mass is 16.6. The molecule has 9 heteroatoms. The van der Waals surface area contributed by atoms with Gasteiger partial charge in [0.1, 0.15) is 0 Å². The number of nitrogens with zero attached hydrogens (tertiary/aromatic N) is 2. The zero-order chi connectivity index (χ0) is 23.2. The molecule has 33 heavy (non-hydrogen) atoms. The third kappa shape index (κ3) is 4.17. The van der Waals surface area contributed by atoms with E-state index >= 15 is 0 Å². The van der Waals surface area contributed by atoms with Gasteiger partial charge in [0.05, 0.1) is 25.3 Å². The topological polar surface area (TPSA) is 104 Å². The standard InChI is InChI=1S/C24H26N4O5/c1-24(2)22(30)28(23(31)33-24)14-15-3-4-20-18(10-15)19(21(29)26-20)11-17-9-16(12-25-17)13-27-5-7-32-8-6-27/h3-4,9-12,25H,5-8,13-14H2,1-2H3,(H,26,29)/b19-11-. The highest BCUT2D eigenvalue weighted by molar-refractivity contribution is 6.34. The monoisotopic (exact) mass is 450 g/mol. The number of ether oxygens (including phenoxy) is 2. The first-order chi connectivity index (χ1) is 15.8. The molecule has 0 spiro atoms. The molecule has 1 aromatic carbocycles. The first-order valence-corrected chi connectivity index (χ1v) is 11.0. The lowest BCUT2D eigenvalue weighted by molar-refractivity contribution is -0.134. The Hall–Kier alpha value is -3.43. The molecule has 2 fully saturated rings. The van der Waals surface area contributed by atoms with E-state index in [9.17, 15) is 14.4 Å². The first-order valence-electron chi connectivity index (χ1n) is 11.0. The quantitative estimate of drug-likeness (QED) is 0.679. The van der Waals surface area contributed by atoms with Gasteiger partial charge in [-0.05, 0) is 49.2 Å². The fourth-order valence-corrected chi connectivity index (χ4v) is 4.33. The molecule has 2 saturated heterocycles. The van der Waals surface area contributed by atoms with Crippen molar-refractivity contribution in [1.82, 2.24) is 14.8 Å². The van der Waals surface area contributed by atoms with E-state index in [1.165, 1.54) is 0 Å². The fraction of sp³-hybridized carbons (Fsp3) is 0.375. The number of H-pyrrole nitrogens is 1. The molecule has 0 unspecified atom stereocenters. The van der Waals surface area contributed by atoms with Gasteiger partial charge in [0, 0.05) is 42.8 Å². The number of carbonyl (C=O) groups is 3. The average Bonchev–Trinajstić information content (AvgIpc) is 3.40. The van der Waals surface area contributed by atoms with Crippen LogP contribution in [0.4, 0.5) is 10.5 Å². The van der Waals surface area contributed by atoms with E-state index in [4.69, 9.17) is 9.47 Å². The van der Waals surface area contributed by atoms with Gasteiger partial charge >= 0.3 is 6.09 Å². The van der Waals surface area contributed by atoms with E-state index in [0.29, 0.717) is 11.3 Å². The SMILES string of the molecule is CC1(C)OC(=O)N(Cc2ccc3c(c2)/C(=C/c2cc(CN4CCOCC4)c[nH]2)C(=O)N3)C1=O. The van der Waals surface area contributed by atoms with Crippen molar-refractivity contribution in [2.75, 3.05) is 31.6 Å². The number of fused-ring (bicyclic) bond motifs is 1. The Bertz CT molecular complexity index is 1160. The van der Waals surface area contributed by atoms with Crippen LogP contribution in [0.5, 0.6) is 0 Å². The molecular weight excluding hydrogens is 424 g/mol. The number of amides is 3. The number of anilines is 1. The molecule has 3 aliphatic heterocycles. The summed E-state index contributed by atoms with van der Waals surface area (Å²) in [5.41, 5.74) is 3.52. The Kier molecular flexibility index (Phi) is 5.30. The second kappa shape index (κ2) is 8.17. The minimum atomic E-state index is -1.16. The summed E-state index contributed by atoms with van der Waals surface area (Å²) in [5, 5.41) is 2.88. The number of benzene rings is 1. The van der Waals surface area contributed by atoms with Gasteiger partial charge in [0.15, 0.2) is 5.60 Å². The van der Waals surface area contributed by atoms with Crippen LogP contribution in [0.15, 0.2) is 30.5 Å². The summed E-state index contributed by atoms with van der Waals surface area (Å²) in [5.74, 6) is -0.568. The van der Waals surface area contributed by atoms with Gasteiger partial charge in [0.25, 0.3) is 11.8 Å². The minimum Gasteiger partial charge on any atom is -0.433 e. The van der Waals surface area contributed by atoms with Gasteiger partial charge in [-0.1, -0.05) is 6.07 Å². The van der Waals surface area contributed by atoms with E-state index in [-0.39, 0.29) is 18.4 Å². The lowest BCUT2D eigenvalue weighted by Gasteiger charge is -2.25. The van der Waals surface area contributed by atoms with E-state index in [1.807, 2.05) is 24.4 Å². The summed E-state index contributed by atoms with van der Waals surface area (Å²) in [6.07, 6.45) is 3.12. The molecule has 4 heterocycles. The highest BCUT2D eigenvalue weighted by Gasteiger charge is 2.47. The van der Waals surface area contributed by atoms with Gasteiger partial charge in [-0.3, -0.25) is 14.5 Å². The summed E-state index contributed by atoms with van der Waals surface area (Å²) in [4.78, 5) is 43.9. The van der Waals surface area contributed by atoms with Gasteiger partial charge in [-0.2, -0.15) is 0 Å². The highest BCUT2D eigenvalue weighted by Crippen LogP contribution is 2.35. The lowest BCUT2D eigenvalue weighted by atomic mass is 10.0. The van der Waals surface area contributed by atoms with Crippen LogP contribution in [0.25, 0.3) is 11.6 Å². The average molecular weight is 450 g/mol. The predicted octanol–water partition coefficient (Wildman–Crippen LogP) is 2.60. The number of aromatic nitrogens is 1. The molecule has 9 nitrogen and oxygen atoms in total. The van der Waals surface area contributed by atoms with Crippen molar-refractivity contribution in [1.29, 1.82) is 0 Å². The first kappa shape index (κ1) is 21.4. The molecule has 3 amide bonds. The molecule has 2 N–H and O–H groups in total. The Morgan fingerprint density at radius 2 is 1.85 bits per heavy atom. The molecule has 0 bridgehead atoms. The summed E-state index contributed by atoms with van der Waals surface area (Å²) in [6, 6.07) is 7.46. The Morgan fingerprint density at radius 1 is 1.06 bits per heavy atom. The molecular formula is C24H26N4O5. The van der Waals surface area contributed by atoms with Gasteiger partial charge < -0.3 is 19.8 Å². The van der Waals surface area contributed by atoms with Crippen LogP contribution in [0.1, 0.15) is 36.2 Å². The van der Waals surface area contributed by atoms with E-state index in [1.54, 1.807) is 26.0 Å². The molecule has 1 aromatic heterocycles. The zero-order valence-electron chi connectivity index (χ0n) is 18.6. The van der Waals surface area contributed by atoms with Gasteiger partial charge in [-0.15, -0.1) is 0 Å². The van der Waals surface area contributed by atoms with Crippen molar-refractivity contribution in [3.8, 4) is 0 Å². The largest absolute Gasteiger partial charge is 0.433 e. The summed E-state index contributed by atoms with van der Waals surface area (Å²) in [7, 11) is 0. The van der Waals surface area contributed by atoms with E-state index < -0.39 is 11.7 Å². The second-order valence-electron chi connectivity index (χ2n) is 9.01. The summed E-state index contributed by atoms with van der Waals surface area (Å²) in [6.45, 7) is 7.37. The van der Waals surface area contributed by atoms with Crippen LogP contribution in [0.3, 0.4) is 0 Å². The lowest BCUT2D eigenvalue weighted by Crippen LogP contribution is -2.35. The maximum atomic E-state index is 12.7. The van der Waals surface area contributed by atoms with Crippen LogP contribution >= 0.6 is 0 Å². The van der Waals surface area contributed by atoms with Crippen LogP contribution < -0.4 is 5.32 Å². The maximum Gasteiger partial charge on any atom is 0.418 e. The molecule has 0 atom stereocenters. The van der Waals surface area contributed by atoms with Gasteiger partial charge in [-0.25, -0.2) is 9.69 Å². The number of hydrogen-bond donors (Lipinski definition) is 2. The zero-order valence-corrected chi connectivity index (χ0v) is 18.6. The molecule has 2 aromatic rings. The third-order valence-corrected chi connectivity index (χ3v) is 6.11. The third-order valence-electron chi connectivity index (χ3n) is 6.11. The number of imide groups is 1. The number of rotatable bonds is 5. The van der Waals surface area contributed by atoms with Crippen LogP contribution in [0, 0.1) is 0 Å². The molecule has 172 valence electrons. The van der Waals surface area contributed by atoms with Crippen molar-refractivity contribution < 1.29 is 23.9 Å². The Balaban J connectivity index is 1.36. The van der Waals surface area contributed by atoms with E-state index in [2.05, 4.69) is 15.2 Å². The predicted molar refractivity (Wildman–Crippen MR) is 121 cm³/mol. The van der Waals surface area contributed by atoms with Crippen molar-refractivity contribution in [2.24, 2.45) is 0 Å². The number of carbonyl (C=O) groups excluding carboxylic acids is 3. The molecule has 5 rings (SSSR count). The Labute approximate surface area is 191 Å². The summed E-state index contributed by atoms with van der Waals surface area (Å²) < 4.78 is 10.6. The van der Waals surface area contributed by atoms with Crippen molar-refractivity contribution >= 4 is 35.2 Å². The smallest absolute Gasteiger partial charge is 0.418 e. The van der Waals surface area contributed by atoms with Crippen molar-refractivity contribution in [2.45, 2.75) is 32.5 Å². The van der Waals surface area contributed by atoms with Crippen LogP contribution in [-0.2, 0) is 32.2 Å².